The third kappa shape index (κ3) is 4.70. The fourth-order valence-corrected chi connectivity index (χ4v) is 5.23. The molecule has 1 aromatic rings. The number of nitrogens with two attached hydrogens (primary N) is 1. The second-order valence-corrected chi connectivity index (χ2v) is 7.45. The van der Waals surface area contributed by atoms with Gasteiger partial charge in [-0.2, -0.15) is 23.5 Å². The van der Waals surface area contributed by atoms with Crippen LogP contribution in [0, 0.1) is 0 Å². The first-order chi connectivity index (χ1) is 9.90. The number of rotatable bonds is 4. The van der Waals surface area contributed by atoms with E-state index < -0.39 is 6.36 Å². The van der Waals surface area contributed by atoms with Gasteiger partial charge in [0.05, 0.1) is 6.04 Å². The van der Waals surface area contributed by atoms with Gasteiger partial charge in [-0.25, -0.2) is 0 Å². The van der Waals surface area contributed by atoms with E-state index in [0.29, 0.717) is 10.8 Å². The number of alkyl halides is 3. The van der Waals surface area contributed by atoms with Gasteiger partial charge in [-0.05, 0) is 17.7 Å². The van der Waals surface area contributed by atoms with E-state index in [9.17, 15) is 13.2 Å². The predicted molar refractivity (Wildman–Crippen MR) is 81.4 cm³/mol. The Morgan fingerprint density at radius 3 is 2.67 bits per heavy atom. The van der Waals surface area contributed by atoms with Crippen LogP contribution in [0.3, 0.4) is 0 Å². The summed E-state index contributed by atoms with van der Waals surface area (Å²) in [6.07, 6.45) is -4.69. The summed E-state index contributed by atoms with van der Waals surface area (Å²) in [5.74, 6) is 7.51. The van der Waals surface area contributed by atoms with Gasteiger partial charge in [0, 0.05) is 22.0 Å². The number of benzene rings is 1. The summed E-state index contributed by atoms with van der Waals surface area (Å²) in [5, 5.41) is 0.576. The Hall–Kier alpha value is -0.570. The summed E-state index contributed by atoms with van der Waals surface area (Å²) in [6.45, 7) is 2.11. The van der Waals surface area contributed by atoms with Gasteiger partial charge >= 0.3 is 6.36 Å². The van der Waals surface area contributed by atoms with E-state index >= 15 is 0 Å². The van der Waals surface area contributed by atoms with E-state index in [1.54, 1.807) is 23.9 Å². The Kier molecular flexibility index (Phi) is 5.70. The molecule has 1 aliphatic rings. The largest absolute Gasteiger partial charge is 0.573 e. The lowest BCUT2D eigenvalue weighted by Gasteiger charge is -2.34. The lowest BCUT2D eigenvalue weighted by molar-refractivity contribution is -0.274. The summed E-state index contributed by atoms with van der Waals surface area (Å²) in [5.41, 5.74) is 3.44. The molecule has 0 spiro atoms. The van der Waals surface area contributed by atoms with E-state index in [-0.39, 0.29) is 17.0 Å². The zero-order valence-electron chi connectivity index (χ0n) is 11.4. The fraction of sp³-hybridized carbons (Fsp3) is 0.538. The number of nitrogens with one attached hydrogen (secondary N) is 1. The Bertz CT molecular complexity index is 473. The van der Waals surface area contributed by atoms with Crippen molar-refractivity contribution < 1.29 is 17.9 Å². The van der Waals surface area contributed by atoms with Crippen LogP contribution >= 0.6 is 23.5 Å². The summed E-state index contributed by atoms with van der Waals surface area (Å²) in [7, 11) is 0. The van der Waals surface area contributed by atoms with Crippen molar-refractivity contribution in [2.75, 3.05) is 11.5 Å². The first-order valence-corrected chi connectivity index (χ1v) is 8.55. The molecule has 0 radical (unpaired) electrons. The van der Waals surface area contributed by atoms with Gasteiger partial charge in [-0.3, -0.25) is 11.3 Å². The lowest BCUT2D eigenvalue weighted by atomic mass is 10.0. The van der Waals surface area contributed by atoms with Gasteiger partial charge < -0.3 is 4.74 Å². The minimum Gasteiger partial charge on any atom is -0.406 e. The van der Waals surface area contributed by atoms with Crippen LogP contribution in [-0.2, 0) is 0 Å². The molecular formula is C13H17F3N2OS2. The number of hydrazine groups is 1. The molecule has 3 unspecified atom stereocenters. The second kappa shape index (κ2) is 7.13. The van der Waals surface area contributed by atoms with Crippen LogP contribution in [0.15, 0.2) is 24.3 Å². The van der Waals surface area contributed by atoms with Crippen LogP contribution in [0.5, 0.6) is 5.75 Å². The third-order valence-electron chi connectivity index (χ3n) is 3.20. The summed E-state index contributed by atoms with van der Waals surface area (Å²) >= 11 is 3.64. The lowest BCUT2D eigenvalue weighted by Crippen LogP contribution is -2.40. The zero-order valence-corrected chi connectivity index (χ0v) is 13.0. The van der Waals surface area contributed by atoms with Gasteiger partial charge in [-0.1, -0.05) is 19.1 Å². The van der Waals surface area contributed by atoms with Crippen LogP contribution in [0.25, 0.3) is 0 Å². The first kappa shape index (κ1) is 16.8. The Morgan fingerprint density at radius 1 is 1.33 bits per heavy atom. The molecule has 8 heteroatoms. The molecule has 3 N–H and O–H groups in total. The highest BCUT2D eigenvalue weighted by atomic mass is 32.2. The monoisotopic (exact) mass is 338 g/mol. The average Bonchev–Trinajstić information content (AvgIpc) is 2.40. The van der Waals surface area contributed by atoms with Crippen molar-refractivity contribution in [2.24, 2.45) is 5.84 Å². The highest BCUT2D eigenvalue weighted by Crippen LogP contribution is 2.39. The van der Waals surface area contributed by atoms with Crippen LogP contribution in [0.4, 0.5) is 13.2 Å². The molecule has 1 aliphatic heterocycles. The first-order valence-electron chi connectivity index (χ1n) is 6.46. The van der Waals surface area contributed by atoms with Crippen LogP contribution in [-0.4, -0.2) is 28.4 Å². The van der Waals surface area contributed by atoms with Crippen molar-refractivity contribution in [3.8, 4) is 5.75 Å². The molecule has 1 aromatic carbocycles. The zero-order chi connectivity index (χ0) is 15.5. The third-order valence-corrected chi connectivity index (χ3v) is 6.39. The topological polar surface area (TPSA) is 47.3 Å². The molecule has 118 valence electrons. The summed E-state index contributed by atoms with van der Waals surface area (Å²) in [6, 6.07) is 5.78. The quantitative estimate of drug-likeness (QED) is 0.651. The minimum absolute atomic E-state index is 0.204. The van der Waals surface area contributed by atoms with Gasteiger partial charge in [0.2, 0.25) is 0 Å². The highest BCUT2D eigenvalue weighted by molar-refractivity contribution is 8.07. The molecular weight excluding hydrogens is 321 g/mol. The van der Waals surface area contributed by atoms with E-state index in [4.69, 9.17) is 5.84 Å². The molecule has 1 saturated heterocycles. The number of ether oxygens (including phenoxy) is 1. The second-order valence-electron chi connectivity index (χ2n) is 4.68. The van der Waals surface area contributed by atoms with E-state index in [1.165, 1.54) is 12.1 Å². The molecule has 1 heterocycles. The number of hydrogen-bond donors (Lipinski definition) is 2. The van der Waals surface area contributed by atoms with E-state index in [2.05, 4.69) is 17.1 Å². The van der Waals surface area contributed by atoms with Crippen molar-refractivity contribution in [1.82, 2.24) is 5.43 Å². The predicted octanol–water partition coefficient (Wildman–Crippen LogP) is 3.33. The van der Waals surface area contributed by atoms with Crippen molar-refractivity contribution >= 4 is 23.5 Å². The van der Waals surface area contributed by atoms with Crippen LogP contribution in [0.1, 0.15) is 18.5 Å². The molecule has 0 bridgehead atoms. The minimum atomic E-state index is -4.69. The normalized spacial score (nSPS) is 24.6. The maximum Gasteiger partial charge on any atom is 0.573 e. The van der Waals surface area contributed by atoms with Crippen molar-refractivity contribution in [1.29, 1.82) is 0 Å². The van der Waals surface area contributed by atoms with E-state index in [1.807, 2.05) is 11.8 Å². The van der Waals surface area contributed by atoms with Crippen molar-refractivity contribution in [2.45, 2.75) is 29.8 Å². The van der Waals surface area contributed by atoms with Gasteiger partial charge in [-0.15, -0.1) is 13.2 Å². The molecule has 0 amide bonds. The molecule has 0 saturated carbocycles. The molecule has 1 fully saturated rings. The smallest absolute Gasteiger partial charge is 0.406 e. The maximum atomic E-state index is 12.3. The Labute approximate surface area is 130 Å². The SMILES string of the molecule is CC1SCCSC1C(NN)c1cccc(OC(F)(F)F)c1. The average molecular weight is 338 g/mol. The van der Waals surface area contributed by atoms with Gasteiger partial charge in [0.25, 0.3) is 0 Å². The molecule has 2 rings (SSSR count). The van der Waals surface area contributed by atoms with Crippen LogP contribution in [0.2, 0.25) is 0 Å². The van der Waals surface area contributed by atoms with Gasteiger partial charge in [0.15, 0.2) is 0 Å². The maximum absolute atomic E-state index is 12.3. The number of halogens is 3. The molecule has 3 nitrogen and oxygen atoms in total. The molecule has 0 aliphatic carbocycles. The van der Waals surface area contributed by atoms with Crippen molar-refractivity contribution in [3.05, 3.63) is 29.8 Å². The molecule has 0 aromatic heterocycles. The van der Waals surface area contributed by atoms with Crippen molar-refractivity contribution in [3.63, 3.8) is 0 Å². The molecule has 3 atom stereocenters. The van der Waals surface area contributed by atoms with Gasteiger partial charge in [0.1, 0.15) is 5.75 Å². The summed E-state index contributed by atoms with van der Waals surface area (Å²) < 4.78 is 40.9. The fourth-order valence-electron chi connectivity index (χ4n) is 2.30. The van der Waals surface area contributed by atoms with Crippen LogP contribution < -0.4 is 16.0 Å². The Balaban J connectivity index is 2.19. The molecule has 21 heavy (non-hydrogen) atoms. The number of thioether (sulfide) groups is 2. The summed E-state index contributed by atoms with van der Waals surface area (Å²) in [4.78, 5) is 0. The van der Waals surface area contributed by atoms with E-state index in [0.717, 1.165) is 11.5 Å². The number of hydrogen-bond acceptors (Lipinski definition) is 5. The Morgan fingerprint density at radius 2 is 2.05 bits per heavy atom. The highest BCUT2D eigenvalue weighted by Gasteiger charge is 2.33. The standard InChI is InChI=1S/C13H17F3N2OS2/c1-8-12(21-6-5-20-8)11(18-17)9-3-2-4-10(7-9)19-13(14,15)16/h2-4,7-8,11-12,18H,5-6,17H2,1H3.